The van der Waals surface area contributed by atoms with Crippen LogP contribution in [0.2, 0.25) is 0 Å². The zero-order valence-electron chi connectivity index (χ0n) is 20.9. The number of halogens is 1. The van der Waals surface area contributed by atoms with Gasteiger partial charge in [-0.05, 0) is 43.0 Å². The number of benzene rings is 2. The van der Waals surface area contributed by atoms with E-state index in [9.17, 15) is 9.18 Å². The molecule has 1 N–H and O–H groups in total. The number of nitrogens with one attached hydrogen (secondary N) is 1. The van der Waals surface area contributed by atoms with Crippen molar-refractivity contribution in [2.75, 3.05) is 17.3 Å². The Morgan fingerprint density at radius 2 is 1.87 bits per heavy atom. The Hall–Kier alpha value is -4.53. The van der Waals surface area contributed by atoms with Crippen molar-refractivity contribution < 1.29 is 9.18 Å². The van der Waals surface area contributed by atoms with Crippen LogP contribution < -0.4 is 10.2 Å². The zero-order valence-corrected chi connectivity index (χ0v) is 20.9. The minimum absolute atomic E-state index is 0.118. The Morgan fingerprint density at radius 3 is 2.66 bits per heavy atom. The second-order valence-corrected chi connectivity index (χ2v) is 9.98. The molecule has 1 amide bonds. The average Bonchev–Trinajstić information content (AvgIpc) is 3.62. The van der Waals surface area contributed by atoms with Gasteiger partial charge < -0.3 is 5.32 Å². The van der Waals surface area contributed by atoms with Gasteiger partial charge in [0.15, 0.2) is 5.82 Å². The van der Waals surface area contributed by atoms with Gasteiger partial charge in [-0.25, -0.2) is 14.1 Å². The summed E-state index contributed by atoms with van der Waals surface area (Å²) in [5, 5.41) is 8.31. The maximum Gasteiger partial charge on any atom is 0.267 e. The number of guanidine groups is 1. The van der Waals surface area contributed by atoms with Crippen LogP contribution in [-0.4, -0.2) is 50.7 Å². The van der Waals surface area contributed by atoms with Crippen molar-refractivity contribution in [1.82, 2.24) is 19.7 Å². The van der Waals surface area contributed by atoms with Crippen LogP contribution in [0.15, 0.2) is 77.9 Å². The molecule has 4 aromatic rings. The molecule has 38 heavy (non-hydrogen) atoms. The number of para-hydroxylation sites is 1. The highest BCUT2D eigenvalue weighted by Gasteiger charge is 2.49. The third kappa shape index (κ3) is 3.65. The molecule has 3 aliphatic rings. The molecule has 190 valence electrons. The molecule has 0 radical (unpaired) electrons. The molecule has 1 saturated carbocycles. The van der Waals surface area contributed by atoms with Crippen molar-refractivity contribution in [2.45, 2.75) is 37.9 Å². The summed E-state index contributed by atoms with van der Waals surface area (Å²) in [5.74, 6) is 1.59. The van der Waals surface area contributed by atoms with Crippen LogP contribution >= 0.6 is 0 Å². The van der Waals surface area contributed by atoms with Crippen LogP contribution in [0.5, 0.6) is 0 Å². The number of carbonyl (C=O) groups excluding carboxylic acids is 1. The highest BCUT2D eigenvalue weighted by atomic mass is 19.1. The van der Waals surface area contributed by atoms with E-state index in [1.807, 2.05) is 59.3 Å². The quantitative estimate of drug-likeness (QED) is 0.409. The molecule has 0 saturated heterocycles. The minimum atomic E-state index is -0.316. The monoisotopic (exact) mass is 507 g/mol. The molecule has 7 rings (SSSR count). The maximum atomic E-state index is 13.7. The predicted molar refractivity (Wildman–Crippen MR) is 144 cm³/mol. The maximum absolute atomic E-state index is 13.7. The SMILES string of the molecule is CN1C(=O)c2c(Nc3ccccc3)nn(Cc3ccc(-c4cc(F)ccn4)cc3)c2N2C1=N[C@@H]1CCC[C@@H]12. The van der Waals surface area contributed by atoms with Gasteiger partial charge in [-0.3, -0.25) is 19.6 Å². The molecule has 1 fully saturated rings. The van der Waals surface area contributed by atoms with Gasteiger partial charge in [-0.15, -0.1) is 0 Å². The summed E-state index contributed by atoms with van der Waals surface area (Å²) in [6.45, 7) is 0.466. The van der Waals surface area contributed by atoms with Crippen molar-refractivity contribution >= 4 is 29.2 Å². The number of nitrogens with zero attached hydrogens (tertiary/aromatic N) is 6. The first-order valence-corrected chi connectivity index (χ1v) is 12.9. The van der Waals surface area contributed by atoms with Gasteiger partial charge in [-0.2, -0.15) is 5.10 Å². The molecule has 2 atom stereocenters. The van der Waals surface area contributed by atoms with E-state index in [1.165, 1.54) is 18.3 Å². The van der Waals surface area contributed by atoms with E-state index < -0.39 is 0 Å². The summed E-state index contributed by atoms with van der Waals surface area (Å²) in [7, 11) is 1.79. The lowest BCUT2D eigenvalue weighted by atomic mass is 10.1. The third-order valence-electron chi connectivity index (χ3n) is 7.59. The standard InChI is InChI=1S/C29H26FN7O/c1-35-28(38)25-26(32-21-6-3-2-4-7-21)34-36(27(25)37-24-9-5-8-22(24)33-29(35)37)17-18-10-12-19(13-11-18)23-16-20(30)14-15-31-23/h2-4,6-7,10-16,22,24H,5,8-9,17H2,1H3,(H,32,34)/t22-,24+/m1/s1. The van der Waals surface area contributed by atoms with Gasteiger partial charge >= 0.3 is 0 Å². The lowest BCUT2D eigenvalue weighted by Crippen LogP contribution is -2.52. The number of hydrogen-bond donors (Lipinski definition) is 1. The number of anilines is 3. The molecule has 2 aliphatic heterocycles. The summed E-state index contributed by atoms with van der Waals surface area (Å²) in [6.07, 6.45) is 4.64. The Morgan fingerprint density at radius 1 is 1.05 bits per heavy atom. The van der Waals surface area contributed by atoms with E-state index in [0.717, 1.165) is 41.9 Å². The molecule has 4 heterocycles. The van der Waals surface area contributed by atoms with Gasteiger partial charge in [0.1, 0.15) is 17.2 Å². The molecule has 8 nitrogen and oxygen atoms in total. The summed E-state index contributed by atoms with van der Waals surface area (Å²) in [6, 6.07) is 20.8. The fourth-order valence-electron chi connectivity index (χ4n) is 5.76. The lowest BCUT2D eigenvalue weighted by molar-refractivity contribution is 0.0865. The first-order chi connectivity index (χ1) is 18.6. The Balaban J connectivity index is 1.30. The molecule has 2 aromatic heterocycles. The normalized spacial score (nSPS) is 19.7. The fourth-order valence-corrected chi connectivity index (χ4v) is 5.76. The molecule has 1 aliphatic carbocycles. The van der Waals surface area contributed by atoms with Gasteiger partial charge in [0.2, 0.25) is 5.96 Å². The van der Waals surface area contributed by atoms with E-state index in [-0.39, 0.29) is 23.8 Å². The number of pyridine rings is 1. The van der Waals surface area contributed by atoms with Crippen molar-refractivity contribution in [3.8, 4) is 11.3 Å². The summed E-state index contributed by atoms with van der Waals surface area (Å²) in [4.78, 5) is 26.8. The summed E-state index contributed by atoms with van der Waals surface area (Å²) in [5.41, 5.74) is 3.85. The zero-order chi connectivity index (χ0) is 25.8. The number of aliphatic imine (C=N–C) groups is 1. The smallest absolute Gasteiger partial charge is 0.267 e. The Bertz CT molecular complexity index is 1560. The van der Waals surface area contributed by atoms with E-state index in [1.54, 1.807) is 11.9 Å². The molecule has 0 unspecified atom stereocenters. The predicted octanol–water partition coefficient (Wildman–Crippen LogP) is 5.06. The van der Waals surface area contributed by atoms with Crippen LogP contribution in [-0.2, 0) is 6.54 Å². The second-order valence-electron chi connectivity index (χ2n) is 9.98. The number of amides is 1. The highest BCUT2D eigenvalue weighted by molar-refractivity contribution is 6.21. The topological polar surface area (TPSA) is 78.7 Å². The summed E-state index contributed by atoms with van der Waals surface area (Å²) >= 11 is 0. The molecule has 9 heteroatoms. The van der Waals surface area contributed by atoms with Crippen molar-refractivity contribution in [3.05, 3.63) is 89.9 Å². The summed E-state index contributed by atoms with van der Waals surface area (Å²) < 4.78 is 15.6. The van der Waals surface area contributed by atoms with Crippen molar-refractivity contribution in [1.29, 1.82) is 0 Å². The Kier molecular flexibility index (Phi) is 5.24. The molecular weight excluding hydrogens is 481 g/mol. The van der Waals surface area contributed by atoms with E-state index in [2.05, 4.69) is 15.2 Å². The van der Waals surface area contributed by atoms with Gasteiger partial charge in [0.05, 0.1) is 24.3 Å². The van der Waals surface area contributed by atoms with Gasteiger partial charge in [-0.1, -0.05) is 42.5 Å². The lowest BCUT2D eigenvalue weighted by Gasteiger charge is -2.35. The fraction of sp³-hybridized carbons (Fsp3) is 0.241. The van der Waals surface area contributed by atoms with Crippen molar-refractivity contribution in [2.24, 2.45) is 4.99 Å². The number of rotatable bonds is 5. The van der Waals surface area contributed by atoms with E-state index in [4.69, 9.17) is 10.1 Å². The van der Waals surface area contributed by atoms with Crippen LogP contribution in [0.3, 0.4) is 0 Å². The number of hydrogen-bond acceptors (Lipinski definition) is 6. The van der Waals surface area contributed by atoms with Crippen LogP contribution in [0.1, 0.15) is 35.2 Å². The van der Waals surface area contributed by atoms with Crippen LogP contribution in [0.4, 0.5) is 21.7 Å². The van der Waals surface area contributed by atoms with Crippen LogP contribution in [0, 0.1) is 5.82 Å². The minimum Gasteiger partial charge on any atom is -0.338 e. The number of aromatic nitrogens is 3. The molecule has 0 bridgehead atoms. The van der Waals surface area contributed by atoms with E-state index >= 15 is 0 Å². The van der Waals surface area contributed by atoms with Gasteiger partial charge in [0, 0.05) is 30.6 Å². The van der Waals surface area contributed by atoms with Crippen molar-refractivity contribution in [3.63, 3.8) is 0 Å². The Labute approximate surface area is 219 Å². The molecule has 0 spiro atoms. The second kappa shape index (κ2) is 8.79. The molecule has 2 aromatic carbocycles. The number of carbonyl (C=O) groups is 1. The third-order valence-corrected chi connectivity index (χ3v) is 7.59. The molecular formula is C29H26FN7O. The first-order valence-electron chi connectivity index (χ1n) is 12.9. The largest absolute Gasteiger partial charge is 0.338 e. The number of fused-ring (bicyclic) bond motifs is 5. The highest BCUT2D eigenvalue weighted by Crippen LogP contribution is 2.43. The van der Waals surface area contributed by atoms with Crippen LogP contribution in [0.25, 0.3) is 11.3 Å². The van der Waals surface area contributed by atoms with E-state index in [0.29, 0.717) is 29.6 Å². The average molecular weight is 508 g/mol. The van der Waals surface area contributed by atoms with Gasteiger partial charge in [0.25, 0.3) is 5.91 Å². The first kappa shape index (κ1) is 22.7.